The number of methoxy groups -OCH3 is 2. The lowest BCUT2D eigenvalue weighted by molar-refractivity contribution is -0.121. The van der Waals surface area contributed by atoms with Gasteiger partial charge in [-0.2, -0.15) is 0 Å². The summed E-state index contributed by atoms with van der Waals surface area (Å²) in [6, 6.07) is 23.4. The second-order valence-electron chi connectivity index (χ2n) is 7.00. The summed E-state index contributed by atoms with van der Waals surface area (Å²) in [5.41, 5.74) is 2.27. The highest BCUT2D eigenvalue weighted by molar-refractivity contribution is 5.94. The quantitative estimate of drug-likeness (QED) is 0.553. The molecule has 0 saturated carbocycles. The second-order valence-corrected chi connectivity index (χ2v) is 7.00. The number of ether oxygens (including phenoxy) is 2. The zero-order valence-electron chi connectivity index (χ0n) is 17.6. The molecule has 0 aliphatic carbocycles. The molecule has 2 amide bonds. The maximum atomic E-state index is 12.7. The van der Waals surface area contributed by atoms with Crippen molar-refractivity contribution in [2.24, 2.45) is 0 Å². The van der Waals surface area contributed by atoms with Crippen molar-refractivity contribution in [2.45, 2.75) is 19.0 Å². The van der Waals surface area contributed by atoms with Crippen LogP contribution in [0.25, 0.3) is 0 Å². The Kier molecular flexibility index (Phi) is 7.65. The van der Waals surface area contributed by atoms with Crippen molar-refractivity contribution in [3.05, 3.63) is 95.6 Å². The minimum atomic E-state index is -0.450. The Balaban J connectivity index is 1.68. The summed E-state index contributed by atoms with van der Waals surface area (Å²) in [5.74, 6) is 0.908. The standard InChI is InChI=1S/C25H26N2O4/c1-30-21-13-18(14-22(15-21)31-2)17-26-24(28)16-23(19-9-5-3-6-10-19)27-25(29)20-11-7-4-8-12-20/h3-15,23H,16-17H2,1-2H3,(H,26,28)(H,27,29). The lowest BCUT2D eigenvalue weighted by Gasteiger charge is -2.19. The highest BCUT2D eigenvalue weighted by atomic mass is 16.5. The molecule has 6 nitrogen and oxygen atoms in total. The normalized spacial score (nSPS) is 11.3. The fourth-order valence-corrected chi connectivity index (χ4v) is 3.20. The summed E-state index contributed by atoms with van der Waals surface area (Å²) in [4.78, 5) is 25.4. The van der Waals surface area contributed by atoms with E-state index in [1.165, 1.54) is 0 Å². The third-order valence-corrected chi connectivity index (χ3v) is 4.83. The molecule has 1 unspecified atom stereocenters. The lowest BCUT2D eigenvalue weighted by atomic mass is 10.0. The van der Waals surface area contributed by atoms with E-state index in [0.29, 0.717) is 23.6 Å². The Hall–Kier alpha value is -3.80. The van der Waals surface area contributed by atoms with E-state index in [0.717, 1.165) is 11.1 Å². The van der Waals surface area contributed by atoms with Crippen LogP contribution >= 0.6 is 0 Å². The van der Waals surface area contributed by atoms with Crippen LogP contribution in [0.15, 0.2) is 78.9 Å². The van der Waals surface area contributed by atoms with Crippen LogP contribution in [0.1, 0.15) is 33.9 Å². The summed E-state index contributed by atoms with van der Waals surface area (Å²) in [6.07, 6.45) is 0.115. The topological polar surface area (TPSA) is 76.7 Å². The second kappa shape index (κ2) is 10.8. The molecule has 0 saturated heterocycles. The maximum Gasteiger partial charge on any atom is 0.251 e. The molecule has 0 fully saturated rings. The fraction of sp³-hybridized carbons (Fsp3) is 0.200. The Bertz CT molecular complexity index is 984. The van der Waals surface area contributed by atoms with Gasteiger partial charge in [0.05, 0.1) is 26.7 Å². The zero-order valence-corrected chi connectivity index (χ0v) is 17.6. The molecule has 0 aliphatic heterocycles. The van der Waals surface area contributed by atoms with Gasteiger partial charge in [0.2, 0.25) is 5.91 Å². The summed E-state index contributed by atoms with van der Waals surface area (Å²) in [7, 11) is 3.16. The average Bonchev–Trinajstić information content (AvgIpc) is 2.83. The average molecular weight is 418 g/mol. The van der Waals surface area contributed by atoms with E-state index >= 15 is 0 Å². The Labute approximate surface area is 182 Å². The van der Waals surface area contributed by atoms with E-state index in [4.69, 9.17) is 9.47 Å². The molecule has 0 bridgehead atoms. The van der Waals surface area contributed by atoms with Crippen molar-refractivity contribution in [1.82, 2.24) is 10.6 Å². The molecule has 6 heteroatoms. The molecule has 0 aromatic heterocycles. The van der Waals surface area contributed by atoms with Gasteiger partial charge >= 0.3 is 0 Å². The van der Waals surface area contributed by atoms with Crippen LogP contribution < -0.4 is 20.1 Å². The molecule has 3 aromatic carbocycles. The molecule has 1 atom stereocenters. The molecule has 3 aromatic rings. The van der Waals surface area contributed by atoms with E-state index in [9.17, 15) is 9.59 Å². The first kappa shape index (κ1) is 21.9. The molecule has 3 rings (SSSR count). The monoisotopic (exact) mass is 418 g/mol. The molecule has 160 valence electrons. The lowest BCUT2D eigenvalue weighted by Crippen LogP contribution is -2.33. The summed E-state index contributed by atoms with van der Waals surface area (Å²) < 4.78 is 10.5. The van der Waals surface area contributed by atoms with Gasteiger partial charge in [-0.25, -0.2) is 0 Å². The van der Waals surface area contributed by atoms with Crippen molar-refractivity contribution < 1.29 is 19.1 Å². The highest BCUT2D eigenvalue weighted by Gasteiger charge is 2.19. The van der Waals surface area contributed by atoms with Crippen LogP contribution in [0, 0.1) is 0 Å². The highest BCUT2D eigenvalue weighted by Crippen LogP contribution is 2.23. The largest absolute Gasteiger partial charge is 0.497 e. The first-order valence-electron chi connectivity index (χ1n) is 9.98. The van der Waals surface area contributed by atoms with Gasteiger partial charge in [-0.15, -0.1) is 0 Å². The van der Waals surface area contributed by atoms with Gasteiger partial charge in [0.1, 0.15) is 11.5 Å². The Morgan fingerprint density at radius 3 is 2.00 bits per heavy atom. The van der Waals surface area contributed by atoms with Crippen molar-refractivity contribution in [3.63, 3.8) is 0 Å². The van der Waals surface area contributed by atoms with E-state index < -0.39 is 6.04 Å². The fourth-order valence-electron chi connectivity index (χ4n) is 3.20. The third kappa shape index (κ3) is 6.34. The molecule has 31 heavy (non-hydrogen) atoms. The number of carbonyl (C=O) groups excluding carboxylic acids is 2. The van der Waals surface area contributed by atoms with Crippen LogP contribution in [-0.4, -0.2) is 26.0 Å². The van der Waals surface area contributed by atoms with Crippen LogP contribution in [-0.2, 0) is 11.3 Å². The van der Waals surface area contributed by atoms with E-state index in [-0.39, 0.29) is 18.2 Å². The van der Waals surface area contributed by atoms with Crippen LogP contribution in [0.3, 0.4) is 0 Å². The SMILES string of the molecule is COc1cc(CNC(=O)CC(NC(=O)c2ccccc2)c2ccccc2)cc(OC)c1. The molecule has 0 aliphatic rings. The minimum Gasteiger partial charge on any atom is -0.497 e. The van der Waals surface area contributed by atoms with E-state index in [2.05, 4.69) is 10.6 Å². The van der Waals surface area contributed by atoms with E-state index in [1.807, 2.05) is 60.7 Å². The predicted molar refractivity (Wildman–Crippen MR) is 119 cm³/mol. The molecule has 2 N–H and O–H groups in total. The smallest absolute Gasteiger partial charge is 0.251 e. The number of carbonyl (C=O) groups is 2. The van der Waals surface area contributed by atoms with Crippen LogP contribution in [0.4, 0.5) is 0 Å². The third-order valence-electron chi connectivity index (χ3n) is 4.83. The van der Waals surface area contributed by atoms with Gasteiger partial charge in [-0.3, -0.25) is 9.59 Å². The summed E-state index contributed by atoms with van der Waals surface area (Å²) in [5, 5.41) is 5.89. The summed E-state index contributed by atoms with van der Waals surface area (Å²) >= 11 is 0. The van der Waals surface area contributed by atoms with Crippen LogP contribution in [0.2, 0.25) is 0 Å². The van der Waals surface area contributed by atoms with Gasteiger partial charge < -0.3 is 20.1 Å². The number of amides is 2. The Morgan fingerprint density at radius 2 is 1.42 bits per heavy atom. The molecular formula is C25H26N2O4. The number of benzene rings is 3. The van der Waals surface area contributed by atoms with Crippen molar-refractivity contribution >= 4 is 11.8 Å². The number of nitrogens with one attached hydrogen (secondary N) is 2. The van der Waals surface area contributed by atoms with Gasteiger partial charge in [-0.1, -0.05) is 48.5 Å². The molecular weight excluding hydrogens is 392 g/mol. The first-order chi connectivity index (χ1) is 15.1. The van der Waals surface area contributed by atoms with Gasteiger partial charge in [0.15, 0.2) is 0 Å². The Morgan fingerprint density at radius 1 is 0.839 bits per heavy atom. The van der Waals surface area contributed by atoms with Gasteiger partial charge in [0.25, 0.3) is 5.91 Å². The van der Waals surface area contributed by atoms with Gasteiger partial charge in [-0.05, 0) is 35.4 Å². The maximum absolute atomic E-state index is 12.7. The van der Waals surface area contributed by atoms with Crippen molar-refractivity contribution in [2.75, 3.05) is 14.2 Å². The number of hydrogen-bond acceptors (Lipinski definition) is 4. The predicted octanol–water partition coefficient (Wildman–Crippen LogP) is 3.88. The molecule has 0 heterocycles. The first-order valence-corrected chi connectivity index (χ1v) is 9.98. The molecule has 0 radical (unpaired) electrons. The van der Waals surface area contributed by atoms with Gasteiger partial charge in [0, 0.05) is 18.2 Å². The van der Waals surface area contributed by atoms with E-state index in [1.54, 1.807) is 32.4 Å². The zero-order chi connectivity index (χ0) is 22.1. The summed E-state index contributed by atoms with van der Waals surface area (Å²) in [6.45, 7) is 0.320. The van der Waals surface area contributed by atoms with Crippen molar-refractivity contribution in [1.29, 1.82) is 0 Å². The minimum absolute atomic E-state index is 0.115. The van der Waals surface area contributed by atoms with Crippen LogP contribution in [0.5, 0.6) is 11.5 Å². The van der Waals surface area contributed by atoms with Crippen molar-refractivity contribution in [3.8, 4) is 11.5 Å². The molecule has 0 spiro atoms. The number of hydrogen-bond donors (Lipinski definition) is 2. The number of rotatable bonds is 9.